The highest BCUT2D eigenvalue weighted by Gasteiger charge is 2.17. The second-order valence-corrected chi connectivity index (χ2v) is 6.69. The van der Waals surface area contributed by atoms with Gasteiger partial charge >= 0.3 is 0 Å². The molecular formula is C23H21N3O2. The fourth-order valence-corrected chi connectivity index (χ4v) is 3.23. The number of carbonyl (C=O) groups is 1. The van der Waals surface area contributed by atoms with E-state index in [-0.39, 0.29) is 11.6 Å². The molecule has 0 spiro atoms. The zero-order valence-electron chi connectivity index (χ0n) is 15.3. The summed E-state index contributed by atoms with van der Waals surface area (Å²) < 4.78 is 5.45. The molecular weight excluding hydrogens is 350 g/mol. The molecule has 140 valence electrons. The summed E-state index contributed by atoms with van der Waals surface area (Å²) in [5.41, 5.74) is 8.56. The van der Waals surface area contributed by atoms with E-state index < -0.39 is 6.04 Å². The highest BCUT2D eigenvalue weighted by molar-refractivity contribution is 5.92. The Morgan fingerprint density at radius 3 is 2.61 bits per heavy atom. The third-order valence-electron chi connectivity index (χ3n) is 4.69. The molecule has 4 rings (SSSR count). The smallest absolute Gasteiger partial charge is 0.273 e. The average Bonchev–Trinajstić information content (AvgIpc) is 3.23. The molecule has 4 aromatic rings. The maximum atomic E-state index is 12.5. The normalized spacial score (nSPS) is 12.0. The minimum Gasteiger partial charge on any atom is -0.446 e. The van der Waals surface area contributed by atoms with Crippen LogP contribution in [0, 0.1) is 0 Å². The molecule has 0 aliphatic rings. The summed E-state index contributed by atoms with van der Waals surface area (Å²) in [7, 11) is 0. The van der Waals surface area contributed by atoms with Gasteiger partial charge in [-0.15, -0.1) is 0 Å². The van der Waals surface area contributed by atoms with E-state index in [2.05, 4.69) is 22.4 Å². The van der Waals surface area contributed by atoms with E-state index in [0.29, 0.717) is 18.9 Å². The molecule has 0 saturated heterocycles. The van der Waals surface area contributed by atoms with Gasteiger partial charge in [0.2, 0.25) is 5.89 Å². The lowest BCUT2D eigenvalue weighted by Crippen LogP contribution is -2.23. The van der Waals surface area contributed by atoms with Gasteiger partial charge in [-0.1, -0.05) is 72.8 Å². The monoisotopic (exact) mass is 371 g/mol. The van der Waals surface area contributed by atoms with E-state index in [9.17, 15) is 4.79 Å². The van der Waals surface area contributed by atoms with Crippen LogP contribution >= 0.6 is 0 Å². The Morgan fingerprint density at radius 1 is 1.00 bits per heavy atom. The second-order valence-electron chi connectivity index (χ2n) is 6.69. The van der Waals surface area contributed by atoms with Crippen molar-refractivity contribution in [3.8, 4) is 0 Å². The highest BCUT2D eigenvalue weighted by atomic mass is 16.3. The van der Waals surface area contributed by atoms with Gasteiger partial charge in [-0.05, 0) is 28.3 Å². The number of oxazole rings is 1. The number of nitrogens with two attached hydrogens (primary N) is 1. The topological polar surface area (TPSA) is 81.1 Å². The summed E-state index contributed by atoms with van der Waals surface area (Å²) in [6, 6.07) is 23.6. The zero-order valence-corrected chi connectivity index (χ0v) is 15.3. The summed E-state index contributed by atoms with van der Waals surface area (Å²) in [5, 5.41) is 5.17. The third-order valence-corrected chi connectivity index (χ3v) is 4.69. The summed E-state index contributed by atoms with van der Waals surface area (Å²) in [6.07, 6.45) is 1.96. The van der Waals surface area contributed by atoms with Gasteiger partial charge in [0.1, 0.15) is 6.26 Å². The number of carbonyl (C=O) groups excluding carboxylic acids is 1. The van der Waals surface area contributed by atoms with E-state index in [0.717, 1.165) is 21.9 Å². The number of nitrogens with zero attached hydrogens (tertiary/aromatic N) is 1. The first-order valence-corrected chi connectivity index (χ1v) is 9.20. The molecule has 0 aliphatic carbocycles. The Bertz CT molecular complexity index is 1080. The molecule has 3 aromatic carbocycles. The molecule has 0 saturated carbocycles. The predicted octanol–water partition coefficient (Wildman–Crippen LogP) is 4.00. The molecule has 0 bridgehead atoms. The van der Waals surface area contributed by atoms with E-state index in [1.165, 1.54) is 6.26 Å². The van der Waals surface area contributed by atoms with Crippen LogP contribution in [-0.2, 0) is 13.0 Å². The van der Waals surface area contributed by atoms with Crippen molar-refractivity contribution in [3.63, 3.8) is 0 Å². The number of fused-ring (bicyclic) bond motifs is 1. The molecule has 1 amide bonds. The predicted molar refractivity (Wildman–Crippen MR) is 109 cm³/mol. The quantitative estimate of drug-likeness (QED) is 0.537. The largest absolute Gasteiger partial charge is 0.446 e. The van der Waals surface area contributed by atoms with Crippen LogP contribution in [0.2, 0.25) is 0 Å². The van der Waals surface area contributed by atoms with Crippen molar-refractivity contribution in [2.75, 3.05) is 0 Å². The van der Waals surface area contributed by atoms with Crippen molar-refractivity contribution < 1.29 is 9.21 Å². The molecule has 1 heterocycles. The van der Waals surface area contributed by atoms with Crippen molar-refractivity contribution in [3.05, 3.63) is 102 Å². The number of hydrogen-bond acceptors (Lipinski definition) is 4. The van der Waals surface area contributed by atoms with E-state index >= 15 is 0 Å². The maximum absolute atomic E-state index is 12.5. The molecule has 28 heavy (non-hydrogen) atoms. The van der Waals surface area contributed by atoms with Crippen LogP contribution in [0.1, 0.15) is 33.5 Å². The van der Waals surface area contributed by atoms with Crippen LogP contribution in [0.5, 0.6) is 0 Å². The Balaban J connectivity index is 1.41. The number of rotatable bonds is 6. The number of nitrogens with one attached hydrogen (secondary N) is 1. The fourth-order valence-electron chi connectivity index (χ4n) is 3.23. The van der Waals surface area contributed by atoms with Gasteiger partial charge < -0.3 is 15.5 Å². The van der Waals surface area contributed by atoms with Crippen LogP contribution in [0.25, 0.3) is 10.8 Å². The lowest BCUT2D eigenvalue weighted by molar-refractivity contribution is 0.0946. The molecule has 1 unspecified atom stereocenters. The van der Waals surface area contributed by atoms with Crippen molar-refractivity contribution in [1.82, 2.24) is 10.3 Å². The Kier molecular flexibility index (Phi) is 5.17. The Labute approximate surface area is 163 Å². The first-order valence-electron chi connectivity index (χ1n) is 9.20. The highest BCUT2D eigenvalue weighted by Crippen LogP contribution is 2.19. The van der Waals surface area contributed by atoms with Crippen molar-refractivity contribution in [2.45, 2.75) is 19.0 Å². The molecule has 0 aliphatic heterocycles. The van der Waals surface area contributed by atoms with Crippen LogP contribution in [0.3, 0.4) is 0 Å². The fraction of sp³-hybridized carbons (Fsp3) is 0.130. The molecule has 1 aromatic heterocycles. The molecule has 5 heteroatoms. The number of amides is 1. The van der Waals surface area contributed by atoms with Crippen molar-refractivity contribution in [1.29, 1.82) is 0 Å². The minimum absolute atomic E-state index is 0.235. The summed E-state index contributed by atoms with van der Waals surface area (Å²) >= 11 is 0. The standard InChI is InChI=1S/C23H21N3O2/c24-20(13-16-7-2-1-3-8-16)23-26-21(15-28-23)22(27)25-14-18-11-6-10-17-9-4-5-12-19(17)18/h1-12,15,20H,13-14,24H2,(H,25,27). The zero-order chi connectivity index (χ0) is 19.3. The van der Waals surface area contributed by atoms with Gasteiger partial charge in [-0.3, -0.25) is 4.79 Å². The van der Waals surface area contributed by atoms with Gasteiger partial charge in [-0.25, -0.2) is 4.98 Å². The minimum atomic E-state index is -0.401. The molecule has 0 fully saturated rings. The molecule has 0 radical (unpaired) electrons. The number of aromatic nitrogens is 1. The summed E-state index contributed by atoms with van der Waals surface area (Å²) in [5.74, 6) is 0.0778. The first-order chi connectivity index (χ1) is 13.7. The lowest BCUT2D eigenvalue weighted by atomic mass is 10.0. The third kappa shape index (κ3) is 3.94. The number of benzene rings is 3. The van der Waals surface area contributed by atoms with Crippen LogP contribution in [0.15, 0.2) is 83.5 Å². The summed E-state index contributed by atoms with van der Waals surface area (Å²) in [4.78, 5) is 16.8. The van der Waals surface area contributed by atoms with Crippen molar-refractivity contribution in [2.24, 2.45) is 5.73 Å². The van der Waals surface area contributed by atoms with Gasteiger partial charge in [0, 0.05) is 6.54 Å². The van der Waals surface area contributed by atoms with Crippen LogP contribution in [-0.4, -0.2) is 10.9 Å². The molecule has 5 nitrogen and oxygen atoms in total. The van der Waals surface area contributed by atoms with Gasteiger partial charge in [-0.2, -0.15) is 0 Å². The van der Waals surface area contributed by atoms with E-state index in [1.54, 1.807) is 0 Å². The number of hydrogen-bond donors (Lipinski definition) is 2. The molecule has 3 N–H and O–H groups in total. The Morgan fingerprint density at radius 2 is 1.75 bits per heavy atom. The van der Waals surface area contributed by atoms with Crippen molar-refractivity contribution >= 4 is 16.7 Å². The lowest BCUT2D eigenvalue weighted by Gasteiger charge is -2.08. The molecule has 1 atom stereocenters. The summed E-state index contributed by atoms with van der Waals surface area (Å²) in [6.45, 7) is 0.415. The Hall–Kier alpha value is -3.44. The second kappa shape index (κ2) is 8.06. The van der Waals surface area contributed by atoms with Gasteiger partial charge in [0.15, 0.2) is 5.69 Å². The average molecular weight is 371 g/mol. The van der Waals surface area contributed by atoms with Crippen LogP contribution < -0.4 is 11.1 Å². The van der Waals surface area contributed by atoms with Gasteiger partial charge in [0.05, 0.1) is 6.04 Å². The van der Waals surface area contributed by atoms with Gasteiger partial charge in [0.25, 0.3) is 5.91 Å². The van der Waals surface area contributed by atoms with E-state index in [1.807, 2.05) is 60.7 Å². The SMILES string of the molecule is NC(Cc1ccccc1)c1nc(C(=O)NCc2cccc3ccccc23)co1. The first kappa shape index (κ1) is 17.9. The van der Waals surface area contributed by atoms with Crippen LogP contribution in [0.4, 0.5) is 0 Å². The maximum Gasteiger partial charge on any atom is 0.273 e. The van der Waals surface area contributed by atoms with E-state index in [4.69, 9.17) is 10.2 Å².